The molecule has 1 aromatic carbocycles. The fraction of sp³-hybridized carbons (Fsp3) is 0.375. The molecule has 0 unspecified atom stereocenters. The minimum Gasteiger partial charge on any atom is -0.497 e. The first-order valence-corrected chi connectivity index (χ1v) is 8.02. The number of hydrogen-bond donors (Lipinski definition) is 0. The number of aryl methyl sites for hydroxylation is 1. The van der Waals surface area contributed by atoms with Crippen molar-refractivity contribution in [3.8, 4) is 5.75 Å². The third-order valence-corrected chi connectivity index (χ3v) is 4.52. The van der Waals surface area contributed by atoms with Gasteiger partial charge in [0.05, 0.1) is 7.11 Å². The molecule has 7 heteroatoms. The molecule has 6 nitrogen and oxygen atoms in total. The average Bonchev–Trinajstić information content (AvgIpc) is 2.55. The average molecular weight is 382 g/mol. The Hall–Kier alpha value is -2.02. The molecule has 0 aliphatic rings. The molecule has 0 aliphatic heterocycles. The number of ether oxygens (including phenoxy) is 1. The summed E-state index contributed by atoms with van der Waals surface area (Å²) >= 11 is 3.51. The molecule has 0 aliphatic carbocycles. The van der Waals surface area contributed by atoms with Crippen molar-refractivity contribution in [1.82, 2.24) is 9.13 Å². The molecule has 1 heterocycles. The van der Waals surface area contributed by atoms with Gasteiger partial charge in [-0.2, -0.15) is 0 Å². The summed E-state index contributed by atoms with van der Waals surface area (Å²) in [6.07, 6.45) is 1.61. The smallest absolute Gasteiger partial charge is 0.330 e. The zero-order chi connectivity index (χ0) is 17.1. The molecule has 124 valence electrons. The van der Waals surface area contributed by atoms with Crippen molar-refractivity contribution in [2.45, 2.75) is 20.0 Å². The fourth-order valence-corrected chi connectivity index (χ4v) is 2.71. The van der Waals surface area contributed by atoms with Gasteiger partial charge in [0.25, 0.3) is 5.56 Å². The van der Waals surface area contributed by atoms with Crippen LogP contribution in [0, 0.1) is 0 Å². The maximum atomic E-state index is 12.4. The van der Waals surface area contributed by atoms with Crippen molar-refractivity contribution in [3.63, 3.8) is 0 Å². The lowest BCUT2D eigenvalue weighted by atomic mass is 10.2. The summed E-state index contributed by atoms with van der Waals surface area (Å²) in [5.41, 5.74) is 0.852. The van der Waals surface area contributed by atoms with Crippen LogP contribution >= 0.6 is 15.9 Å². The van der Waals surface area contributed by atoms with Gasteiger partial charge >= 0.3 is 5.69 Å². The van der Waals surface area contributed by atoms with Crippen LogP contribution in [-0.4, -0.2) is 23.3 Å². The molecular formula is C16H20BrN3O3. The van der Waals surface area contributed by atoms with E-state index in [9.17, 15) is 9.59 Å². The van der Waals surface area contributed by atoms with Crippen molar-refractivity contribution in [1.29, 1.82) is 0 Å². The van der Waals surface area contributed by atoms with Gasteiger partial charge in [0.2, 0.25) is 0 Å². The zero-order valence-electron chi connectivity index (χ0n) is 13.7. The number of anilines is 1. The Morgan fingerprint density at radius 3 is 2.61 bits per heavy atom. The van der Waals surface area contributed by atoms with Crippen molar-refractivity contribution in [2.24, 2.45) is 7.05 Å². The van der Waals surface area contributed by atoms with Crippen molar-refractivity contribution in [2.75, 3.05) is 19.1 Å². The first-order valence-electron chi connectivity index (χ1n) is 7.23. The molecule has 0 bridgehead atoms. The van der Waals surface area contributed by atoms with E-state index >= 15 is 0 Å². The predicted molar refractivity (Wildman–Crippen MR) is 94.4 cm³/mol. The normalized spacial score (nSPS) is 10.7. The lowest BCUT2D eigenvalue weighted by molar-refractivity contribution is 0.414. The summed E-state index contributed by atoms with van der Waals surface area (Å²) in [7, 11) is 4.94. The minimum absolute atomic E-state index is 0.304. The van der Waals surface area contributed by atoms with Gasteiger partial charge in [-0.25, -0.2) is 4.79 Å². The molecule has 0 atom stereocenters. The van der Waals surface area contributed by atoms with E-state index in [1.165, 1.54) is 11.6 Å². The molecule has 0 N–H and O–H groups in total. The topological polar surface area (TPSA) is 56.5 Å². The molecule has 0 saturated carbocycles. The van der Waals surface area contributed by atoms with Crippen LogP contribution in [0.25, 0.3) is 0 Å². The molecule has 2 aromatic rings. The van der Waals surface area contributed by atoms with E-state index < -0.39 is 0 Å². The van der Waals surface area contributed by atoms with E-state index in [-0.39, 0.29) is 11.2 Å². The predicted octanol–water partition coefficient (Wildman–Crippen LogP) is 1.97. The van der Waals surface area contributed by atoms with Gasteiger partial charge in [0, 0.05) is 37.9 Å². The number of aromatic nitrogens is 2. The molecule has 0 fully saturated rings. The van der Waals surface area contributed by atoms with Crippen molar-refractivity contribution < 1.29 is 4.74 Å². The van der Waals surface area contributed by atoms with Crippen molar-refractivity contribution >= 4 is 21.6 Å². The van der Waals surface area contributed by atoms with E-state index in [4.69, 9.17) is 4.74 Å². The van der Waals surface area contributed by atoms with Gasteiger partial charge < -0.3 is 9.64 Å². The second-order valence-corrected chi connectivity index (χ2v) is 6.11. The number of benzene rings is 1. The molecule has 0 spiro atoms. The molecule has 1 aromatic heterocycles. The highest BCUT2D eigenvalue weighted by Crippen LogP contribution is 2.24. The van der Waals surface area contributed by atoms with Gasteiger partial charge in [0.1, 0.15) is 11.4 Å². The molecule has 0 amide bonds. The van der Waals surface area contributed by atoms with E-state index in [0.717, 1.165) is 20.4 Å². The number of nitrogens with zero attached hydrogens (tertiary/aromatic N) is 3. The monoisotopic (exact) mass is 381 g/mol. The van der Waals surface area contributed by atoms with Crippen LogP contribution in [0.2, 0.25) is 0 Å². The number of rotatable bonds is 5. The van der Waals surface area contributed by atoms with Crippen LogP contribution in [0.5, 0.6) is 5.75 Å². The Balaban J connectivity index is 2.42. The second kappa shape index (κ2) is 7.04. The lowest BCUT2D eigenvalue weighted by Gasteiger charge is -2.21. The van der Waals surface area contributed by atoms with E-state index in [1.54, 1.807) is 13.3 Å². The molecular weight excluding hydrogens is 362 g/mol. The summed E-state index contributed by atoms with van der Waals surface area (Å²) < 4.78 is 8.83. The summed E-state index contributed by atoms with van der Waals surface area (Å²) in [6, 6.07) is 5.69. The standard InChI is InChI=1S/C16H20BrN3O3/c1-5-20-10-14(15(21)19(3)16(20)22)18(2)9-11-8-12(23-4)6-7-13(11)17/h6-8,10H,5,9H2,1-4H3. The minimum atomic E-state index is -0.308. The third kappa shape index (κ3) is 3.50. The molecule has 23 heavy (non-hydrogen) atoms. The molecule has 0 radical (unpaired) electrons. The van der Waals surface area contributed by atoms with E-state index in [0.29, 0.717) is 18.8 Å². The first-order chi connectivity index (χ1) is 10.9. The summed E-state index contributed by atoms with van der Waals surface area (Å²) in [5.74, 6) is 0.753. The SMILES string of the molecule is CCn1cc(N(C)Cc2cc(OC)ccc2Br)c(=O)n(C)c1=O. The summed E-state index contributed by atoms with van der Waals surface area (Å²) in [5, 5.41) is 0. The Morgan fingerprint density at radius 1 is 1.30 bits per heavy atom. The van der Waals surface area contributed by atoms with Crippen LogP contribution in [-0.2, 0) is 20.1 Å². The highest BCUT2D eigenvalue weighted by Gasteiger charge is 2.13. The number of halogens is 1. The quantitative estimate of drug-likeness (QED) is 0.794. The maximum absolute atomic E-state index is 12.4. The maximum Gasteiger partial charge on any atom is 0.330 e. The van der Waals surface area contributed by atoms with Crippen LogP contribution < -0.4 is 20.9 Å². The third-order valence-electron chi connectivity index (χ3n) is 3.75. The highest BCUT2D eigenvalue weighted by molar-refractivity contribution is 9.10. The Bertz CT molecular complexity index is 826. The summed E-state index contributed by atoms with van der Waals surface area (Å²) in [4.78, 5) is 26.2. The van der Waals surface area contributed by atoms with Gasteiger partial charge in [0.15, 0.2) is 0 Å². The lowest BCUT2D eigenvalue weighted by Crippen LogP contribution is -2.40. The second-order valence-electron chi connectivity index (χ2n) is 5.26. The number of hydrogen-bond acceptors (Lipinski definition) is 4. The van der Waals surface area contributed by atoms with Crippen LogP contribution in [0.4, 0.5) is 5.69 Å². The van der Waals surface area contributed by atoms with Crippen LogP contribution in [0.15, 0.2) is 38.5 Å². The summed E-state index contributed by atoms with van der Waals surface area (Å²) in [6.45, 7) is 2.89. The highest BCUT2D eigenvalue weighted by atomic mass is 79.9. The Morgan fingerprint density at radius 2 is 2.00 bits per heavy atom. The van der Waals surface area contributed by atoms with Crippen molar-refractivity contribution in [3.05, 3.63) is 55.3 Å². The molecule has 2 rings (SSSR count). The van der Waals surface area contributed by atoms with Crippen LogP contribution in [0.1, 0.15) is 12.5 Å². The fourth-order valence-electron chi connectivity index (χ4n) is 2.34. The first kappa shape index (κ1) is 17.3. The van der Waals surface area contributed by atoms with Gasteiger partial charge in [-0.3, -0.25) is 13.9 Å². The van der Waals surface area contributed by atoms with Gasteiger partial charge in [-0.1, -0.05) is 15.9 Å². The molecule has 0 saturated heterocycles. The van der Waals surface area contributed by atoms with Gasteiger partial charge in [-0.15, -0.1) is 0 Å². The van der Waals surface area contributed by atoms with Crippen LogP contribution in [0.3, 0.4) is 0 Å². The Labute approximate surface area is 143 Å². The van der Waals surface area contributed by atoms with E-state index in [1.807, 2.05) is 37.1 Å². The largest absolute Gasteiger partial charge is 0.497 e. The Kier molecular flexibility index (Phi) is 5.30. The zero-order valence-corrected chi connectivity index (χ0v) is 15.3. The number of methoxy groups -OCH3 is 1. The van der Waals surface area contributed by atoms with Gasteiger partial charge in [-0.05, 0) is 30.7 Å². The van der Waals surface area contributed by atoms with E-state index in [2.05, 4.69) is 15.9 Å².